The highest BCUT2D eigenvalue weighted by Gasteiger charge is 2.34. The van der Waals surface area contributed by atoms with Crippen LogP contribution >= 0.6 is 22.9 Å². The first-order valence-electron chi connectivity index (χ1n) is 8.89. The molecule has 0 saturated heterocycles. The van der Waals surface area contributed by atoms with Crippen molar-refractivity contribution in [3.63, 3.8) is 0 Å². The molecule has 3 rings (SSSR count). The van der Waals surface area contributed by atoms with E-state index in [1.165, 1.54) is 18.6 Å². The summed E-state index contributed by atoms with van der Waals surface area (Å²) in [7, 11) is 1.65. The Labute approximate surface area is 188 Å². The van der Waals surface area contributed by atoms with E-state index in [2.05, 4.69) is 35.9 Å². The van der Waals surface area contributed by atoms with Crippen LogP contribution in [0.5, 0.6) is 0 Å². The predicted octanol–water partition coefficient (Wildman–Crippen LogP) is 3.79. The number of halogens is 4. The van der Waals surface area contributed by atoms with Crippen molar-refractivity contribution in [1.82, 2.24) is 25.3 Å². The quantitative estimate of drug-likeness (QED) is 0.485. The van der Waals surface area contributed by atoms with E-state index in [0.717, 1.165) is 17.5 Å². The Kier molecular flexibility index (Phi) is 6.89. The minimum Gasteiger partial charge on any atom is -0.373 e. The van der Waals surface area contributed by atoms with E-state index in [-0.39, 0.29) is 16.4 Å². The van der Waals surface area contributed by atoms with Gasteiger partial charge in [-0.05, 0) is 13.0 Å². The smallest absolute Gasteiger partial charge is 0.373 e. The third-order valence-electron chi connectivity index (χ3n) is 4.02. The largest absolute Gasteiger partial charge is 0.418 e. The van der Waals surface area contributed by atoms with Gasteiger partial charge in [0.25, 0.3) is 11.8 Å². The van der Waals surface area contributed by atoms with Crippen molar-refractivity contribution >= 4 is 46.4 Å². The zero-order valence-corrected chi connectivity index (χ0v) is 18.1. The lowest BCUT2D eigenvalue weighted by molar-refractivity contribution is -0.137. The molecule has 2 amide bonds. The Bertz CT molecular complexity index is 1160. The van der Waals surface area contributed by atoms with Gasteiger partial charge in [0.05, 0.1) is 22.8 Å². The zero-order chi connectivity index (χ0) is 23.5. The highest BCUT2D eigenvalue weighted by atomic mass is 35.5. The van der Waals surface area contributed by atoms with Gasteiger partial charge in [0.2, 0.25) is 0 Å². The highest BCUT2D eigenvalue weighted by molar-refractivity contribution is 7.13. The van der Waals surface area contributed by atoms with Crippen molar-refractivity contribution in [3.05, 3.63) is 57.0 Å². The van der Waals surface area contributed by atoms with E-state index in [1.54, 1.807) is 14.0 Å². The third kappa shape index (κ3) is 5.48. The van der Waals surface area contributed by atoms with Crippen LogP contribution in [0.25, 0.3) is 0 Å². The molecule has 3 aromatic heterocycles. The Balaban J connectivity index is 1.68. The summed E-state index contributed by atoms with van der Waals surface area (Å²) in [4.78, 5) is 40.5. The summed E-state index contributed by atoms with van der Waals surface area (Å²) >= 11 is 6.49. The molecule has 9 nitrogen and oxygen atoms in total. The zero-order valence-electron chi connectivity index (χ0n) is 16.5. The summed E-state index contributed by atoms with van der Waals surface area (Å²) < 4.78 is 38.9. The van der Waals surface area contributed by atoms with Crippen molar-refractivity contribution in [2.24, 2.45) is 0 Å². The van der Waals surface area contributed by atoms with Gasteiger partial charge in [0.1, 0.15) is 33.5 Å². The molecule has 32 heavy (non-hydrogen) atoms. The number of anilines is 2. The topological polar surface area (TPSA) is 122 Å². The van der Waals surface area contributed by atoms with Gasteiger partial charge in [0, 0.05) is 19.3 Å². The maximum absolute atomic E-state index is 13.0. The van der Waals surface area contributed by atoms with Crippen LogP contribution in [0.15, 0.2) is 30.9 Å². The molecule has 0 aromatic carbocycles. The minimum atomic E-state index is -4.69. The molecule has 3 aromatic rings. The van der Waals surface area contributed by atoms with Crippen LogP contribution in [0, 0.1) is 0 Å². The van der Waals surface area contributed by atoms with Gasteiger partial charge >= 0.3 is 6.18 Å². The lowest BCUT2D eigenvalue weighted by Crippen LogP contribution is -2.27. The van der Waals surface area contributed by atoms with E-state index < -0.39 is 34.6 Å². The molecule has 1 unspecified atom stereocenters. The van der Waals surface area contributed by atoms with E-state index in [0.29, 0.717) is 16.9 Å². The van der Waals surface area contributed by atoms with Crippen LogP contribution in [0.4, 0.5) is 24.8 Å². The number of hydrogen-bond acceptors (Lipinski definition) is 8. The second kappa shape index (κ2) is 9.44. The number of carbonyl (C=O) groups excluding carboxylic acids is 2. The molecule has 1 atom stereocenters. The van der Waals surface area contributed by atoms with Crippen molar-refractivity contribution in [3.8, 4) is 0 Å². The van der Waals surface area contributed by atoms with Gasteiger partial charge in [-0.25, -0.2) is 19.9 Å². The van der Waals surface area contributed by atoms with Crippen LogP contribution in [0.3, 0.4) is 0 Å². The Morgan fingerprint density at radius 1 is 1.06 bits per heavy atom. The molecule has 3 heterocycles. The lowest BCUT2D eigenvalue weighted by Gasteiger charge is -2.11. The number of thiazole rings is 1. The first kappa shape index (κ1) is 23.3. The van der Waals surface area contributed by atoms with Crippen molar-refractivity contribution in [2.45, 2.75) is 19.1 Å². The molecule has 0 saturated carbocycles. The Morgan fingerprint density at radius 2 is 1.81 bits per heavy atom. The van der Waals surface area contributed by atoms with E-state index in [9.17, 15) is 22.8 Å². The SMILES string of the molecule is CNc1cc(C(=O)NC(C)c2ncc(C(=O)Nc3cc(C(F)(F)F)c(Cl)cn3)s2)ncn1. The molecule has 0 aliphatic heterocycles. The van der Waals surface area contributed by atoms with Crippen LogP contribution in [0.1, 0.15) is 43.7 Å². The third-order valence-corrected chi connectivity index (χ3v) is 5.50. The molecule has 0 radical (unpaired) electrons. The molecule has 0 spiro atoms. The van der Waals surface area contributed by atoms with Gasteiger partial charge in [-0.2, -0.15) is 13.2 Å². The summed E-state index contributed by atoms with van der Waals surface area (Å²) in [5.74, 6) is -1.02. The highest BCUT2D eigenvalue weighted by Crippen LogP contribution is 2.35. The molecule has 14 heteroatoms. The standard InChI is InChI=1S/C18H15ClF3N7O2S/c1-8(28-15(30)11-4-13(23-2)27-7-26-11)17-25-6-12(32-17)16(31)29-14-3-9(18(20,21)22)10(19)5-24-14/h3-8H,1-2H3,(H,28,30)(H,23,26,27)(H,24,29,31). The summed E-state index contributed by atoms with van der Waals surface area (Å²) in [6.45, 7) is 1.66. The monoisotopic (exact) mass is 485 g/mol. The second-order valence-corrected chi connectivity index (χ2v) is 7.77. The minimum absolute atomic E-state index is 0.117. The summed E-state index contributed by atoms with van der Waals surface area (Å²) in [6.07, 6.45) is -1.39. The van der Waals surface area contributed by atoms with E-state index >= 15 is 0 Å². The fraction of sp³-hybridized carbons (Fsp3) is 0.222. The number of pyridine rings is 1. The second-order valence-electron chi connectivity index (χ2n) is 6.30. The molecular weight excluding hydrogens is 471 g/mol. The number of nitrogens with one attached hydrogen (secondary N) is 3. The summed E-state index contributed by atoms with van der Waals surface area (Å²) in [6, 6.07) is 1.55. The fourth-order valence-electron chi connectivity index (χ4n) is 2.45. The van der Waals surface area contributed by atoms with Crippen LogP contribution < -0.4 is 16.0 Å². The number of carbonyl (C=O) groups is 2. The van der Waals surface area contributed by atoms with Gasteiger partial charge in [-0.3, -0.25) is 9.59 Å². The van der Waals surface area contributed by atoms with Crippen molar-refractivity contribution < 1.29 is 22.8 Å². The number of aromatic nitrogens is 4. The number of alkyl halides is 3. The fourth-order valence-corrected chi connectivity index (χ4v) is 3.47. The van der Waals surface area contributed by atoms with Crippen LogP contribution in [-0.4, -0.2) is 38.8 Å². The maximum atomic E-state index is 13.0. The summed E-state index contributed by atoms with van der Waals surface area (Å²) in [5, 5.41) is 7.61. The molecule has 0 aliphatic rings. The predicted molar refractivity (Wildman–Crippen MR) is 112 cm³/mol. The Hall–Kier alpha value is -3.32. The number of amides is 2. The number of rotatable bonds is 6. The van der Waals surface area contributed by atoms with E-state index in [1.807, 2.05) is 0 Å². The van der Waals surface area contributed by atoms with Gasteiger partial charge in [-0.1, -0.05) is 11.6 Å². The molecule has 3 N–H and O–H groups in total. The van der Waals surface area contributed by atoms with Gasteiger partial charge in [0.15, 0.2) is 0 Å². The Morgan fingerprint density at radius 3 is 2.50 bits per heavy atom. The van der Waals surface area contributed by atoms with E-state index in [4.69, 9.17) is 11.6 Å². The van der Waals surface area contributed by atoms with Crippen LogP contribution in [0.2, 0.25) is 5.02 Å². The molecular formula is C18H15ClF3N7O2S. The molecule has 168 valence electrons. The first-order valence-corrected chi connectivity index (χ1v) is 10.1. The average Bonchev–Trinajstić information content (AvgIpc) is 3.25. The molecule has 0 aliphatic carbocycles. The lowest BCUT2D eigenvalue weighted by atomic mass is 10.2. The average molecular weight is 486 g/mol. The molecule has 0 bridgehead atoms. The van der Waals surface area contributed by atoms with Gasteiger partial charge < -0.3 is 16.0 Å². The van der Waals surface area contributed by atoms with Crippen LogP contribution in [-0.2, 0) is 6.18 Å². The normalized spacial score (nSPS) is 12.2. The molecule has 0 fully saturated rings. The summed E-state index contributed by atoms with van der Waals surface area (Å²) in [5.41, 5.74) is -0.975. The van der Waals surface area contributed by atoms with Gasteiger partial charge in [-0.15, -0.1) is 11.3 Å². The maximum Gasteiger partial charge on any atom is 0.418 e. The van der Waals surface area contributed by atoms with Crippen molar-refractivity contribution in [2.75, 3.05) is 17.7 Å². The van der Waals surface area contributed by atoms with Crippen molar-refractivity contribution in [1.29, 1.82) is 0 Å². The first-order chi connectivity index (χ1) is 15.1. The number of hydrogen-bond donors (Lipinski definition) is 3. The number of nitrogens with zero attached hydrogens (tertiary/aromatic N) is 4.